The fraction of sp³-hybridized carbons (Fsp3) is 0.833. The van der Waals surface area contributed by atoms with Crippen molar-refractivity contribution in [3.05, 3.63) is 0 Å². The zero-order chi connectivity index (χ0) is 12.3. The van der Waals surface area contributed by atoms with E-state index in [0.717, 1.165) is 39.1 Å². The lowest BCUT2D eigenvalue weighted by Crippen LogP contribution is -2.55. The molecule has 2 rings (SSSR count). The summed E-state index contributed by atoms with van der Waals surface area (Å²) in [4.78, 5) is 6.56. The summed E-state index contributed by atoms with van der Waals surface area (Å²) in [5.74, 6) is 0. The highest BCUT2D eigenvalue weighted by atomic mass is 15.3. The Morgan fingerprint density at radius 3 is 2.65 bits per heavy atom. The molecule has 0 radical (unpaired) electrons. The third-order valence-corrected chi connectivity index (χ3v) is 3.83. The van der Waals surface area contributed by atoms with E-state index in [-0.39, 0.29) is 0 Å². The molecule has 0 amide bonds. The Labute approximate surface area is 103 Å². The maximum atomic E-state index is 8.91. The van der Waals surface area contributed by atoms with Gasteiger partial charge in [0.1, 0.15) is 0 Å². The van der Waals surface area contributed by atoms with Crippen LogP contribution in [-0.2, 0) is 0 Å². The molecule has 0 saturated carbocycles. The number of nitrogens with zero attached hydrogens (tertiary/aromatic N) is 5. The lowest BCUT2D eigenvalue weighted by Gasteiger charge is -2.42. The second-order valence-electron chi connectivity index (χ2n) is 5.00. The molecule has 0 aromatic rings. The molecule has 0 spiro atoms. The number of rotatable bonds is 2. The summed E-state index contributed by atoms with van der Waals surface area (Å²) in [7, 11) is 2.11. The van der Waals surface area contributed by atoms with Gasteiger partial charge in [0, 0.05) is 44.8 Å². The third kappa shape index (κ3) is 2.69. The number of hydrogen-bond acceptors (Lipinski definition) is 5. The van der Waals surface area contributed by atoms with E-state index in [2.05, 4.69) is 29.1 Å². The molecule has 17 heavy (non-hydrogen) atoms. The van der Waals surface area contributed by atoms with Crippen LogP contribution in [0.2, 0.25) is 0 Å². The second kappa shape index (κ2) is 5.35. The van der Waals surface area contributed by atoms with Gasteiger partial charge < -0.3 is 9.80 Å². The quantitative estimate of drug-likeness (QED) is 0.632. The minimum Gasteiger partial charge on any atom is -0.309 e. The van der Waals surface area contributed by atoms with Crippen molar-refractivity contribution in [3.63, 3.8) is 0 Å². The van der Waals surface area contributed by atoms with Gasteiger partial charge in [0.25, 0.3) is 0 Å². The molecule has 2 aliphatic heterocycles. The van der Waals surface area contributed by atoms with Crippen molar-refractivity contribution in [1.82, 2.24) is 14.7 Å². The first-order chi connectivity index (χ1) is 8.24. The molecule has 2 atom stereocenters. The molecule has 0 N–H and O–H groups in total. The molecule has 2 heterocycles. The highest BCUT2D eigenvalue weighted by Gasteiger charge is 2.34. The number of likely N-dealkylation sites (tertiary alicyclic amines) is 1. The zero-order valence-corrected chi connectivity index (χ0v) is 10.3. The fourth-order valence-corrected chi connectivity index (χ4v) is 2.90. The van der Waals surface area contributed by atoms with E-state index < -0.39 is 0 Å². The number of piperazine rings is 1. The second-order valence-corrected chi connectivity index (χ2v) is 5.00. The Morgan fingerprint density at radius 1 is 1.18 bits per heavy atom. The van der Waals surface area contributed by atoms with Gasteiger partial charge in [0.05, 0.1) is 12.5 Å². The first-order valence-electron chi connectivity index (χ1n) is 6.20. The van der Waals surface area contributed by atoms with E-state index >= 15 is 0 Å². The topological polar surface area (TPSA) is 57.3 Å². The maximum Gasteiger partial charge on any atom is 0.179 e. The van der Waals surface area contributed by atoms with Crippen LogP contribution in [0.3, 0.4) is 0 Å². The average Bonchev–Trinajstić information content (AvgIpc) is 2.78. The van der Waals surface area contributed by atoms with Crippen LogP contribution in [-0.4, -0.2) is 66.6 Å². The van der Waals surface area contributed by atoms with E-state index in [1.54, 1.807) is 0 Å². The summed E-state index contributed by atoms with van der Waals surface area (Å²) in [5.41, 5.74) is 0. The van der Waals surface area contributed by atoms with E-state index in [4.69, 9.17) is 10.5 Å². The van der Waals surface area contributed by atoms with E-state index in [1.165, 1.54) is 0 Å². The first kappa shape index (κ1) is 12.2. The first-order valence-corrected chi connectivity index (χ1v) is 6.20. The summed E-state index contributed by atoms with van der Waals surface area (Å²) < 4.78 is 0. The number of likely N-dealkylation sites (N-methyl/N-ethyl adjacent to an activating group) is 1. The molecule has 5 nitrogen and oxygen atoms in total. The molecular weight excluding hydrogens is 214 g/mol. The molecule has 92 valence electrons. The summed E-state index contributed by atoms with van der Waals surface area (Å²) >= 11 is 0. The lowest BCUT2D eigenvalue weighted by atomic mass is 10.1. The molecule has 2 fully saturated rings. The average molecular weight is 233 g/mol. The normalized spacial score (nSPS) is 31.1. The van der Waals surface area contributed by atoms with Gasteiger partial charge in [0.15, 0.2) is 6.19 Å². The van der Waals surface area contributed by atoms with Crippen molar-refractivity contribution < 1.29 is 0 Å². The zero-order valence-electron chi connectivity index (χ0n) is 10.3. The van der Waals surface area contributed by atoms with Gasteiger partial charge in [-0.15, -0.1) is 0 Å². The van der Waals surface area contributed by atoms with Gasteiger partial charge >= 0.3 is 0 Å². The predicted octanol–water partition coefficient (Wildman–Crippen LogP) is 0.0715. The van der Waals surface area contributed by atoms with E-state index in [0.29, 0.717) is 18.5 Å². The Kier molecular flexibility index (Phi) is 3.83. The lowest BCUT2D eigenvalue weighted by molar-refractivity contribution is 0.0584. The minimum absolute atomic E-state index is 0.336. The van der Waals surface area contributed by atoms with Gasteiger partial charge in [-0.1, -0.05) is 0 Å². The van der Waals surface area contributed by atoms with E-state index in [1.807, 2.05) is 4.90 Å². The van der Waals surface area contributed by atoms with Crippen LogP contribution in [0, 0.1) is 22.8 Å². The smallest absolute Gasteiger partial charge is 0.179 e. The molecule has 0 aromatic carbocycles. The Hall–Kier alpha value is -1.30. The summed E-state index contributed by atoms with van der Waals surface area (Å²) in [6, 6.07) is 3.09. The Morgan fingerprint density at radius 2 is 2.00 bits per heavy atom. The highest BCUT2D eigenvalue weighted by molar-refractivity contribution is 4.96. The van der Waals surface area contributed by atoms with Crippen molar-refractivity contribution in [3.8, 4) is 12.3 Å². The minimum atomic E-state index is 0.336. The molecule has 2 unspecified atom stereocenters. The van der Waals surface area contributed by atoms with Crippen LogP contribution in [0.4, 0.5) is 0 Å². The standard InChI is InChI=1S/C12H19N5/c1-15-6-7-17(11(8-15)2-4-13)12-3-5-16(9-12)10-14/h11-12H,2-3,5-9H2,1H3. The molecule has 2 aliphatic rings. The van der Waals surface area contributed by atoms with Crippen LogP contribution in [0.1, 0.15) is 12.8 Å². The van der Waals surface area contributed by atoms with Crippen molar-refractivity contribution in [2.75, 3.05) is 39.8 Å². The largest absolute Gasteiger partial charge is 0.309 e. The predicted molar refractivity (Wildman–Crippen MR) is 63.8 cm³/mol. The highest BCUT2D eigenvalue weighted by Crippen LogP contribution is 2.21. The van der Waals surface area contributed by atoms with Gasteiger partial charge in [-0.2, -0.15) is 10.5 Å². The van der Waals surface area contributed by atoms with Crippen LogP contribution in [0.5, 0.6) is 0 Å². The van der Waals surface area contributed by atoms with Gasteiger partial charge in [0.2, 0.25) is 0 Å². The van der Waals surface area contributed by atoms with E-state index in [9.17, 15) is 0 Å². The SMILES string of the molecule is CN1CCN(C2CCN(C#N)C2)C(CC#N)C1. The van der Waals surface area contributed by atoms with Gasteiger partial charge in [-0.25, -0.2) is 0 Å². The van der Waals surface area contributed by atoms with Crippen LogP contribution >= 0.6 is 0 Å². The molecule has 0 bridgehead atoms. The summed E-state index contributed by atoms with van der Waals surface area (Å²) in [6.45, 7) is 4.75. The fourth-order valence-electron chi connectivity index (χ4n) is 2.90. The molecule has 0 aliphatic carbocycles. The van der Waals surface area contributed by atoms with Crippen molar-refractivity contribution in [2.45, 2.75) is 24.9 Å². The Bertz CT molecular complexity index is 342. The van der Waals surface area contributed by atoms with Crippen molar-refractivity contribution >= 4 is 0 Å². The molecule has 2 saturated heterocycles. The Balaban J connectivity index is 1.99. The van der Waals surface area contributed by atoms with Crippen LogP contribution in [0.15, 0.2) is 0 Å². The van der Waals surface area contributed by atoms with Crippen LogP contribution < -0.4 is 0 Å². The monoisotopic (exact) mass is 233 g/mol. The molecule has 0 aromatic heterocycles. The molecular formula is C12H19N5. The number of hydrogen-bond donors (Lipinski definition) is 0. The van der Waals surface area contributed by atoms with Gasteiger partial charge in [-0.3, -0.25) is 4.90 Å². The maximum absolute atomic E-state index is 8.91. The van der Waals surface area contributed by atoms with Crippen molar-refractivity contribution in [1.29, 1.82) is 10.5 Å². The van der Waals surface area contributed by atoms with Gasteiger partial charge in [-0.05, 0) is 13.5 Å². The van der Waals surface area contributed by atoms with Crippen LogP contribution in [0.25, 0.3) is 0 Å². The number of nitriles is 2. The third-order valence-electron chi connectivity index (χ3n) is 3.83. The van der Waals surface area contributed by atoms with Crippen molar-refractivity contribution in [2.24, 2.45) is 0 Å². The summed E-state index contributed by atoms with van der Waals surface area (Å²) in [6.07, 6.45) is 3.87. The molecule has 5 heteroatoms. The summed E-state index contributed by atoms with van der Waals surface area (Å²) in [5, 5.41) is 17.8.